The first-order chi connectivity index (χ1) is 10.9. The molecule has 1 aliphatic rings. The normalized spacial score (nSPS) is 21.4. The molecule has 1 aliphatic heterocycles. The third-order valence-corrected chi connectivity index (χ3v) is 6.93. The molecule has 2 aromatic rings. The van der Waals surface area contributed by atoms with Crippen molar-refractivity contribution < 1.29 is 8.42 Å². The summed E-state index contributed by atoms with van der Waals surface area (Å²) in [5, 5.41) is 1.94. The molecule has 0 saturated carbocycles. The molecule has 4 nitrogen and oxygen atoms in total. The standard InChI is InChI=1S/C17H21BrN2O2S/c1-12(19)15-3-2-8-20(11-15)23(21,22)17-7-5-13-9-16(18)6-4-14(13)10-17/h4-7,9-10,12,15H,2-3,8,11,19H2,1H3. The van der Waals surface area contributed by atoms with Gasteiger partial charge >= 0.3 is 0 Å². The van der Waals surface area contributed by atoms with Crippen molar-refractivity contribution in [3.8, 4) is 0 Å². The second-order valence-corrected chi connectivity index (χ2v) is 9.13. The highest BCUT2D eigenvalue weighted by atomic mass is 79.9. The molecular weight excluding hydrogens is 376 g/mol. The molecule has 0 aliphatic carbocycles. The summed E-state index contributed by atoms with van der Waals surface area (Å²) in [7, 11) is -3.46. The van der Waals surface area contributed by atoms with Gasteiger partial charge in [0, 0.05) is 23.6 Å². The molecule has 2 atom stereocenters. The second-order valence-electron chi connectivity index (χ2n) is 6.28. The van der Waals surface area contributed by atoms with E-state index in [1.807, 2.05) is 31.2 Å². The molecule has 3 rings (SSSR count). The first-order valence-corrected chi connectivity index (χ1v) is 10.1. The van der Waals surface area contributed by atoms with Crippen LogP contribution < -0.4 is 5.73 Å². The predicted molar refractivity (Wildman–Crippen MR) is 96.8 cm³/mol. The van der Waals surface area contributed by atoms with Crippen LogP contribution in [0.5, 0.6) is 0 Å². The molecule has 2 unspecified atom stereocenters. The minimum atomic E-state index is -3.46. The van der Waals surface area contributed by atoms with Crippen molar-refractivity contribution in [2.24, 2.45) is 11.7 Å². The Hall–Kier alpha value is -0.950. The number of fused-ring (bicyclic) bond motifs is 1. The van der Waals surface area contributed by atoms with Gasteiger partial charge in [-0.2, -0.15) is 4.31 Å². The topological polar surface area (TPSA) is 63.4 Å². The summed E-state index contributed by atoms with van der Waals surface area (Å²) in [6.45, 7) is 3.04. The van der Waals surface area contributed by atoms with Crippen molar-refractivity contribution in [3.63, 3.8) is 0 Å². The number of hydrogen-bond donors (Lipinski definition) is 1. The molecule has 0 amide bonds. The van der Waals surface area contributed by atoms with Gasteiger partial charge in [0.05, 0.1) is 4.90 Å². The van der Waals surface area contributed by atoms with E-state index in [1.165, 1.54) is 0 Å². The maximum atomic E-state index is 12.9. The van der Waals surface area contributed by atoms with Crippen LogP contribution >= 0.6 is 15.9 Å². The van der Waals surface area contributed by atoms with Crippen LogP contribution in [0.15, 0.2) is 45.8 Å². The van der Waals surface area contributed by atoms with Crippen LogP contribution in [0.1, 0.15) is 19.8 Å². The van der Waals surface area contributed by atoms with Crippen LogP contribution in [-0.4, -0.2) is 31.9 Å². The Morgan fingerprint density at radius 2 is 1.91 bits per heavy atom. The first kappa shape index (κ1) is 16.9. The van der Waals surface area contributed by atoms with Crippen molar-refractivity contribution in [3.05, 3.63) is 40.9 Å². The third-order valence-electron chi connectivity index (χ3n) is 4.58. The van der Waals surface area contributed by atoms with Crippen molar-refractivity contribution in [2.75, 3.05) is 13.1 Å². The van der Waals surface area contributed by atoms with Crippen LogP contribution in [0.25, 0.3) is 10.8 Å². The molecule has 1 saturated heterocycles. The van der Waals surface area contributed by atoms with Gasteiger partial charge in [0.2, 0.25) is 10.0 Å². The molecule has 0 radical (unpaired) electrons. The molecule has 0 bridgehead atoms. The fourth-order valence-corrected chi connectivity index (χ4v) is 5.08. The van der Waals surface area contributed by atoms with Gasteiger partial charge in [-0.3, -0.25) is 0 Å². The van der Waals surface area contributed by atoms with E-state index >= 15 is 0 Å². The van der Waals surface area contributed by atoms with Crippen LogP contribution in [-0.2, 0) is 10.0 Å². The Morgan fingerprint density at radius 3 is 2.65 bits per heavy atom. The maximum Gasteiger partial charge on any atom is 0.243 e. The van der Waals surface area contributed by atoms with E-state index in [-0.39, 0.29) is 12.0 Å². The number of nitrogens with two attached hydrogens (primary N) is 1. The fourth-order valence-electron chi connectivity index (χ4n) is 3.13. The van der Waals surface area contributed by atoms with Gasteiger partial charge in [-0.1, -0.05) is 28.1 Å². The molecule has 0 spiro atoms. The van der Waals surface area contributed by atoms with Gasteiger partial charge in [0.15, 0.2) is 0 Å². The Bertz CT molecular complexity index is 820. The number of nitrogens with zero attached hydrogens (tertiary/aromatic N) is 1. The highest BCUT2D eigenvalue weighted by Crippen LogP contribution is 2.28. The fraction of sp³-hybridized carbons (Fsp3) is 0.412. The molecule has 1 fully saturated rings. The smallest absolute Gasteiger partial charge is 0.243 e. The Labute approximate surface area is 145 Å². The van der Waals surface area contributed by atoms with Crippen molar-refractivity contribution in [1.29, 1.82) is 0 Å². The second kappa shape index (κ2) is 6.51. The quantitative estimate of drug-likeness (QED) is 0.864. The predicted octanol–water partition coefficient (Wildman–Crippen LogP) is 3.35. The maximum absolute atomic E-state index is 12.9. The minimum Gasteiger partial charge on any atom is -0.328 e. The van der Waals surface area contributed by atoms with E-state index < -0.39 is 10.0 Å². The zero-order valence-electron chi connectivity index (χ0n) is 13.1. The lowest BCUT2D eigenvalue weighted by molar-refractivity contribution is 0.243. The van der Waals surface area contributed by atoms with E-state index in [1.54, 1.807) is 16.4 Å². The molecule has 0 aromatic heterocycles. The third kappa shape index (κ3) is 3.45. The van der Waals surface area contributed by atoms with Gasteiger partial charge < -0.3 is 5.73 Å². The van der Waals surface area contributed by atoms with E-state index in [0.29, 0.717) is 18.0 Å². The lowest BCUT2D eigenvalue weighted by Crippen LogP contribution is -2.44. The molecule has 2 N–H and O–H groups in total. The summed E-state index contributed by atoms with van der Waals surface area (Å²) < 4.78 is 28.5. The number of halogens is 1. The highest BCUT2D eigenvalue weighted by molar-refractivity contribution is 9.10. The van der Waals surface area contributed by atoms with E-state index in [0.717, 1.165) is 28.1 Å². The van der Waals surface area contributed by atoms with Crippen molar-refractivity contribution >= 4 is 36.7 Å². The largest absolute Gasteiger partial charge is 0.328 e. The van der Waals surface area contributed by atoms with Crippen LogP contribution in [0.2, 0.25) is 0 Å². The summed E-state index contributed by atoms with van der Waals surface area (Å²) >= 11 is 3.43. The zero-order chi connectivity index (χ0) is 16.6. The zero-order valence-corrected chi connectivity index (χ0v) is 15.5. The number of piperidine rings is 1. The summed E-state index contributed by atoms with van der Waals surface area (Å²) in [6, 6.07) is 11.2. The summed E-state index contributed by atoms with van der Waals surface area (Å²) in [6.07, 6.45) is 1.86. The van der Waals surface area contributed by atoms with Gasteiger partial charge in [-0.25, -0.2) is 8.42 Å². The average Bonchev–Trinajstić information content (AvgIpc) is 2.54. The van der Waals surface area contributed by atoms with Crippen molar-refractivity contribution in [2.45, 2.75) is 30.7 Å². The number of rotatable bonds is 3. The number of sulfonamides is 1. The van der Waals surface area contributed by atoms with Crippen LogP contribution in [0.3, 0.4) is 0 Å². The molecule has 23 heavy (non-hydrogen) atoms. The van der Waals surface area contributed by atoms with Crippen LogP contribution in [0, 0.1) is 5.92 Å². The molecule has 6 heteroatoms. The lowest BCUT2D eigenvalue weighted by atomic mass is 9.93. The molecule has 1 heterocycles. The van der Waals surface area contributed by atoms with Crippen LogP contribution in [0.4, 0.5) is 0 Å². The average molecular weight is 397 g/mol. The minimum absolute atomic E-state index is 0.0157. The highest BCUT2D eigenvalue weighted by Gasteiger charge is 2.31. The molecule has 2 aromatic carbocycles. The SMILES string of the molecule is CC(N)C1CCCN(S(=O)(=O)c2ccc3cc(Br)ccc3c2)C1. The van der Waals surface area contributed by atoms with E-state index in [9.17, 15) is 8.42 Å². The Kier molecular flexibility index (Phi) is 4.78. The van der Waals surface area contributed by atoms with Gasteiger partial charge in [-0.05, 0) is 60.7 Å². The van der Waals surface area contributed by atoms with Crippen molar-refractivity contribution in [1.82, 2.24) is 4.31 Å². The Balaban J connectivity index is 1.94. The summed E-state index contributed by atoms with van der Waals surface area (Å²) in [4.78, 5) is 0.359. The Morgan fingerprint density at radius 1 is 1.22 bits per heavy atom. The van der Waals surface area contributed by atoms with Gasteiger partial charge in [-0.15, -0.1) is 0 Å². The first-order valence-electron chi connectivity index (χ1n) is 7.83. The van der Waals surface area contributed by atoms with E-state index in [2.05, 4.69) is 15.9 Å². The monoisotopic (exact) mass is 396 g/mol. The molecular formula is C17H21BrN2O2S. The lowest BCUT2D eigenvalue weighted by Gasteiger charge is -2.33. The summed E-state index contributed by atoms with van der Waals surface area (Å²) in [5.74, 6) is 0.231. The number of benzene rings is 2. The van der Waals surface area contributed by atoms with Gasteiger partial charge in [0.25, 0.3) is 0 Å². The van der Waals surface area contributed by atoms with Gasteiger partial charge in [0.1, 0.15) is 0 Å². The number of hydrogen-bond acceptors (Lipinski definition) is 3. The summed E-state index contributed by atoms with van der Waals surface area (Å²) in [5.41, 5.74) is 5.97. The molecule has 124 valence electrons. The van der Waals surface area contributed by atoms with E-state index in [4.69, 9.17) is 5.73 Å².